The minimum Gasteiger partial charge on any atom is -0.473 e. The summed E-state index contributed by atoms with van der Waals surface area (Å²) < 4.78 is 6.72. The van der Waals surface area contributed by atoms with E-state index in [0.717, 1.165) is 15.6 Å². The van der Waals surface area contributed by atoms with Crippen LogP contribution in [-0.2, 0) is 6.61 Å². The van der Waals surface area contributed by atoms with Crippen LogP contribution in [0.15, 0.2) is 47.1 Å². The SMILES string of the molecule is CNC(C)c1ccc(OCc2ccc(Br)cc2)nc1. The van der Waals surface area contributed by atoms with Crippen molar-refractivity contribution in [1.82, 2.24) is 10.3 Å². The highest BCUT2D eigenvalue weighted by Crippen LogP contribution is 2.16. The van der Waals surface area contributed by atoms with Crippen molar-refractivity contribution in [2.24, 2.45) is 0 Å². The molecule has 0 radical (unpaired) electrons. The monoisotopic (exact) mass is 320 g/mol. The van der Waals surface area contributed by atoms with Crippen LogP contribution in [0.3, 0.4) is 0 Å². The summed E-state index contributed by atoms with van der Waals surface area (Å²) in [5.41, 5.74) is 2.27. The van der Waals surface area contributed by atoms with Gasteiger partial charge in [-0.25, -0.2) is 4.98 Å². The predicted molar refractivity (Wildman–Crippen MR) is 80.2 cm³/mol. The number of halogens is 1. The molecule has 1 atom stereocenters. The van der Waals surface area contributed by atoms with Crippen molar-refractivity contribution in [2.45, 2.75) is 19.6 Å². The minimum absolute atomic E-state index is 0.299. The molecule has 0 amide bonds. The maximum absolute atomic E-state index is 5.65. The summed E-state index contributed by atoms with van der Waals surface area (Å²) in [7, 11) is 1.93. The molecule has 0 aliphatic carbocycles. The van der Waals surface area contributed by atoms with Gasteiger partial charge in [-0.1, -0.05) is 34.1 Å². The third-order valence-corrected chi connectivity index (χ3v) is 3.52. The van der Waals surface area contributed by atoms with Gasteiger partial charge in [0, 0.05) is 22.8 Å². The van der Waals surface area contributed by atoms with Crippen molar-refractivity contribution in [3.8, 4) is 5.88 Å². The second kappa shape index (κ2) is 6.68. The Hall–Kier alpha value is -1.39. The van der Waals surface area contributed by atoms with E-state index in [2.05, 4.69) is 33.2 Å². The predicted octanol–water partition coefficient (Wildman–Crippen LogP) is 3.70. The molecule has 0 fully saturated rings. The fraction of sp³-hybridized carbons (Fsp3) is 0.267. The zero-order valence-corrected chi connectivity index (χ0v) is 12.6. The summed E-state index contributed by atoms with van der Waals surface area (Å²) >= 11 is 3.41. The first kappa shape index (κ1) is 14.0. The van der Waals surface area contributed by atoms with E-state index >= 15 is 0 Å². The zero-order valence-electron chi connectivity index (χ0n) is 11.1. The van der Waals surface area contributed by atoms with Crippen molar-refractivity contribution in [2.75, 3.05) is 7.05 Å². The van der Waals surface area contributed by atoms with Gasteiger partial charge < -0.3 is 10.1 Å². The summed E-state index contributed by atoms with van der Waals surface area (Å²) in [5, 5.41) is 3.18. The van der Waals surface area contributed by atoms with E-state index in [1.54, 1.807) is 0 Å². The van der Waals surface area contributed by atoms with Crippen LogP contribution in [0.25, 0.3) is 0 Å². The second-order valence-electron chi connectivity index (χ2n) is 4.36. The number of aromatic nitrogens is 1. The summed E-state index contributed by atoms with van der Waals surface area (Å²) in [6, 6.07) is 12.3. The normalized spacial score (nSPS) is 12.2. The van der Waals surface area contributed by atoms with Gasteiger partial charge in [0.25, 0.3) is 0 Å². The minimum atomic E-state index is 0.299. The number of nitrogens with one attached hydrogen (secondary N) is 1. The van der Waals surface area contributed by atoms with Crippen LogP contribution in [0.4, 0.5) is 0 Å². The Morgan fingerprint density at radius 2 is 1.95 bits per heavy atom. The fourth-order valence-electron chi connectivity index (χ4n) is 1.64. The number of pyridine rings is 1. The zero-order chi connectivity index (χ0) is 13.7. The molecule has 19 heavy (non-hydrogen) atoms. The smallest absolute Gasteiger partial charge is 0.213 e. The van der Waals surface area contributed by atoms with Crippen molar-refractivity contribution >= 4 is 15.9 Å². The molecule has 3 nitrogen and oxygen atoms in total. The molecule has 1 aromatic carbocycles. The maximum atomic E-state index is 5.65. The Labute approximate surface area is 122 Å². The largest absolute Gasteiger partial charge is 0.473 e. The number of hydrogen-bond donors (Lipinski definition) is 1. The molecular formula is C15H17BrN2O. The molecule has 2 rings (SSSR count). The van der Waals surface area contributed by atoms with Crippen LogP contribution in [0.2, 0.25) is 0 Å². The van der Waals surface area contributed by atoms with Crippen molar-refractivity contribution in [3.05, 3.63) is 58.2 Å². The Kier molecular flexibility index (Phi) is 4.93. The van der Waals surface area contributed by atoms with Gasteiger partial charge in [0.2, 0.25) is 5.88 Å². The molecule has 0 saturated heterocycles. The molecule has 0 bridgehead atoms. The van der Waals surface area contributed by atoms with Crippen LogP contribution in [-0.4, -0.2) is 12.0 Å². The second-order valence-corrected chi connectivity index (χ2v) is 5.27. The lowest BCUT2D eigenvalue weighted by Gasteiger charge is -2.11. The molecule has 0 saturated carbocycles. The van der Waals surface area contributed by atoms with E-state index in [0.29, 0.717) is 18.5 Å². The van der Waals surface area contributed by atoms with Gasteiger partial charge in [0.05, 0.1) is 0 Å². The fourth-order valence-corrected chi connectivity index (χ4v) is 1.90. The van der Waals surface area contributed by atoms with Gasteiger partial charge in [-0.2, -0.15) is 0 Å². The first-order valence-electron chi connectivity index (χ1n) is 6.19. The maximum Gasteiger partial charge on any atom is 0.213 e. The third kappa shape index (κ3) is 4.04. The summed E-state index contributed by atoms with van der Waals surface area (Å²) in [6.45, 7) is 2.63. The molecule has 1 heterocycles. The van der Waals surface area contributed by atoms with Gasteiger partial charge in [0.15, 0.2) is 0 Å². The number of ether oxygens (including phenoxy) is 1. The first-order chi connectivity index (χ1) is 9.19. The molecule has 0 spiro atoms. The number of hydrogen-bond acceptors (Lipinski definition) is 3. The van der Waals surface area contributed by atoms with Crippen LogP contribution in [0.1, 0.15) is 24.1 Å². The number of nitrogens with zero attached hydrogens (tertiary/aromatic N) is 1. The van der Waals surface area contributed by atoms with Crippen LogP contribution in [0, 0.1) is 0 Å². The summed E-state index contributed by atoms with van der Waals surface area (Å²) in [6.07, 6.45) is 1.85. The third-order valence-electron chi connectivity index (χ3n) is 2.99. The van der Waals surface area contributed by atoms with E-state index in [1.807, 2.05) is 49.6 Å². The highest BCUT2D eigenvalue weighted by atomic mass is 79.9. The lowest BCUT2D eigenvalue weighted by molar-refractivity contribution is 0.293. The molecule has 4 heteroatoms. The van der Waals surface area contributed by atoms with E-state index in [9.17, 15) is 0 Å². The van der Waals surface area contributed by atoms with E-state index in [-0.39, 0.29) is 0 Å². The Bertz CT molecular complexity index is 511. The number of rotatable bonds is 5. The average molecular weight is 321 g/mol. The van der Waals surface area contributed by atoms with Crippen LogP contribution in [0.5, 0.6) is 5.88 Å². The van der Waals surface area contributed by atoms with E-state index in [4.69, 9.17) is 4.74 Å². The Morgan fingerprint density at radius 1 is 1.21 bits per heavy atom. The standard InChI is InChI=1S/C15H17BrN2O/c1-11(17-2)13-5-8-15(18-9-13)19-10-12-3-6-14(16)7-4-12/h3-9,11,17H,10H2,1-2H3. The van der Waals surface area contributed by atoms with Gasteiger partial charge in [-0.3, -0.25) is 0 Å². The van der Waals surface area contributed by atoms with E-state index < -0.39 is 0 Å². The van der Waals surface area contributed by atoms with Gasteiger partial charge >= 0.3 is 0 Å². The van der Waals surface area contributed by atoms with Gasteiger partial charge in [-0.05, 0) is 37.2 Å². The van der Waals surface area contributed by atoms with Crippen molar-refractivity contribution in [1.29, 1.82) is 0 Å². The highest BCUT2D eigenvalue weighted by molar-refractivity contribution is 9.10. The van der Waals surface area contributed by atoms with Gasteiger partial charge in [-0.15, -0.1) is 0 Å². The molecular weight excluding hydrogens is 304 g/mol. The lowest BCUT2D eigenvalue weighted by atomic mass is 10.1. The molecule has 1 N–H and O–H groups in total. The van der Waals surface area contributed by atoms with Crippen molar-refractivity contribution < 1.29 is 4.74 Å². The summed E-state index contributed by atoms with van der Waals surface area (Å²) in [5.74, 6) is 0.648. The molecule has 2 aromatic rings. The Balaban J connectivity index is 1.94. The van der Waals surface area contributed by atoms with Crippen LogP contribution < -0.4 is 10.1 Å². The first-order valence-corrected chi connectivity index (χ1v) is 6.99. The molecule has 100 valence electrons. The quantitative estimate of drug-likeness (QED) is 0.912. The molecule has 0 aliphatic rings. The molecule has 1 aromatic heterocycles. The van der Waals surface area contributed by atoms with Crippen LogP contribution >= 0.6 is 15.9 Å². The highest BCUT2D eigenvalue weighted by Gasteiger charge is 2.03. The average Bonchev–Trinajstić information content (AvgIpc) is 2.46. The molecule has 0 aliphatic heterocycles. The lowest BCUT2D eigenvalue weighted by Crippen LogP contribution is -2.12. The topological polar surface area (TPSA) is 34.1 Å². The molecule has 1 unspecified atom stereocenters. The number of benzene rings is 1. The van der Waals surface area contributed by atoms with E-state index in [1.165, 1.54) is 0 Å². The van der Waals surface area contributed by atoms with Crippen molar-refractivity contribution in [3.63, 3.8) is 0 Å². The van der Waals surface area contributed by atoms with Gasteiger partial charge in [0.1, 0.15) is 6.61 Å². The Morgan fingerprint density at radius 3 is 2.53 bits per heavy atom. The summed E-state index contributed by atoms with van der Waals surface area (Å²) in [4.78, 5) is 4.31.